The number of phenols is 2. The molecule has 0 bridgehead atoms. The van der Waals surface area contributed by atoms with E-state index in [1.807, 2.05) is 20.8 Å². The van der Waals surface area contributed by atoms with Gasteiger partial charge in [-0.25, -0.2) is 0 Å². The highest BCUT2D eigenvalue weighted by Crippen LogP contribution is 2.47. The first kappa shape index (κ1) is 22.8. The summed E-state index contributed by atoms with van der Waals surface area (Å²) in [5, 5.41) is 31.1. The average molecular weight is 404 g/mol. The molecule has 0 spiro atoms. The van der Waals surface area contributed by atoms with Crippen molar-refractivity contribution in [1.29, 1.82) is 0 Å². The van der Waals surface area contributed by atoms with Crippen molar-refractivity contribution < 1.29 is 20.1 Å². The maximum absolute atomic E-state index is 10.8. The summed E-state index contributed by atoms with van der Waals surface area (Å²) in [7, 11) is 0. The average Bonchev–Trinajstić information content (AvgIpc) is 2.60. The van der Waals surface area contributed by atoms with Gasteiger partial charge in [0, 0.05) is 11.5 Å². The van der Waals surface area contributed by atoms with Crippen molar-refractivity contribution in [3.63, 3.8) is 0 Å². The number of phenolic OH excluding ortho intramolecular Hbond substituents is 2. The van der Waals surface area contributed by atoms with Gasteiger partial charge in [0.1, 0.15) is 11.5 Å². The largest absolute Gasteiger partial charge is 0.507 e. The Hall–Kier alpha value is -2.50. The van der Waals surface area contributed by atoms with Crippen molar-refractivity contribution >= 4 is 0 Å². The van der Waals surface area contributed by atoms with Crippen LogP contribution in [0.2, 0.25) is 0 Å². The molecule has 0 amide bonds. The molecule has 29 heavy (non-hydrogen) atoms. The monoisotopic (exact) mass is 403 g/mol. The molecule has 1 aromatic carbocycles. The summed E-state index contributed by atoms with van der Waals surface area (Å²) >= 11 is 0. The normalized spacial score (nSPS) is 19.5. The lowest BCUT2D eigenvalue weighted by Gasteiger charge is -2.32. The molecule has 6 heteroatoms. The first-order valence-electron chi connectivity index (χ1n) is 10.2. The van der Waals surface area contributed by atoms with E-state index in [2.05, 4.69) is 24.4 Å². The van der Waals surface area contributed by atoms with Crippen molar-refractivity contribution in [2.45, 2.75) is 71.1 Å². The van der Waals surface area contributed by atoms with Gasteiger partial charge < -0.3 is 15.1 Å². The summed E-state index contributed by atoms with van der Waals surface area (Å²) in [5.74, 6) is 0.313. The van der Waals surface area contributed by atoms with Crippen molar-refractivity contribution in [1.82, 2.24) is 0 Å². The van der Waals surface area contributed by atoms with Crippen LogP contribution < -0.4 is 0 Å². The van der Waals surface area contributed by atoms with Crippen molar-refractivity contribution in [2.24, 2.45) is 5.92 Å². The minimum absolute atomic E-state index is 0.0776. The van der Waals surface area contributed by atoms with E-state index in [-0.39, 0.29) is 35.4 Å². The number of rotatable bonds is 9. The lowest BCUT2D eigenvalue weighted by Crippen LogP contribution is -2.19. The topological polar surface area (TPSA) is 92.8 Å². The Morgan fingerprint density at radius 1 is 1.31 bits per heavy atom. The number of benzene rings is 1. The molecule has 1 aliphatic carbocycles. The summed E-state index contributed by atoms with van der Waals surface area (Å²) in [5.41, 5.74) is 3.42. The molecule has 2 atom stereocenters. The molecule has 1 aliphatic rings. The van der Waals surface area contributed by atoms with Crippen LogP contribution in [0.25, 0.3) is 0 Å². The predicted molar refractivity (Wildman–Crippen MR) is 114 cm³/mol. The zero-order valence-corrected chi connectivity index (χ0v) is 17.9. The molecular formula is C23H33NO5. The molecule has 0 saturated carbocycles. The molecule has 6 nitrogen and oxygen atoms in total. The van der Waals surface area contributed by atoms with Gasteiger partial charge in [-0.15, -0.1) is 10.1 Å². The first-order valence-corrected chi connectivity index (χ1v) is 10.2. The molecule has 0 saturated heterocycles. The van der Waals surface area contributed by atoms with Gasteiger partial charge in [0.15, 0.2) is 0 Å². The van der Waals surface area contributed by atoms with E-state index in [1.54, 1.807) is 12.1 Å². The molecule has 0 unspecified atom stereocenters. The van der Waals surface area contributed by atoms with Gasteiger partial charge in [-0.1, -0.05) is 44.1 Å². The molecule has 2 N–H and O–H groups in total. The van der Waals surface area contributed by atoms with Crippen LogP contribution in [0.15, 0.2) is 35.9 Å². The van der Waals surface area contributed by atoms with Crippen LogP contribution >= 0.6 is 0 Å². The third-order valence-electron chi connectivity index (χ3n) is 6.02. The molecule has 160 valence electrons. The van der Waals surface area contributed by atoms with E-state index in [4.69, 9.17) is 0 Å². The minimum Gasteiger partial charge on any atom is -0.507 e. The van der Waals surface area contributed by atoms with Gasteiger partial charge >= 0.3 is 0 Å². The van der Waals surface area contributed by atoms with E-state index in [0.717, 1.165) is 36.8 Å². The second-order valence-corrected chi connectivity index (χ2v) is 8.86. The number of allylic oxidation sites excluding steroid dienone is 3. The Kier molecular flexibility index (Phi) is 7.33. The summed E-state index contributed by atoms with van der Waals surface area (Å²) in [4.78, 5) is 14.6. The van der Waals surface area contributed by atoms with Gasteiger partial charge in [0.05, 0.1) is 6.61 Å². The van der Waals surface area contributed by atoms with Crippen molar-refractivity contribution in [3.05, 3.63) is 57.2 Å². The molecule has 0 radical (unpaired) electrons. The Balaban J connectivity index is 2.22. The fraction of sp³-hybridized carbons (Fsp3) is 0.565. The summed E-state index contributed by atoms with van der Waals surface area (Å²) in [6.07, 6.45) is 6.17. The van der Waals surface area contributed by atoms with Crippen LogP contribution in [0, 0.1) is 16.0 Å². The van der Waals surface area contributed by atoms with E-state index in [0.29, 0.717) is 12.0 Å². The molecule has 0 heterocycles. The quantitative estimate of drug-likeness (QED) is 0.236. The third kappa shape index (κ3) is 5.75. The lowest BCUT2D eigenvalue weighted by atomic mass is 9.72. The number of unbranched alkanes of at least 4 members (excludes halogenated alkanes) is 1. The zero-order chi connectivity index (χ0) is 21.8. The summed E-state index contributed by atoms with van der Waals surface area (Å²) in [6.45, 7) is 12.3. The van der Waals surface area contributed by atoms with E-state index in [1.165, 1.54) is 5.57 Å². The Morgan fingerprint density at radius 2 is 1.93 bits per heavy atom. The summed E-state index contributed by atoms with van der Waals surface area (Å²) in [6, 6.07) is 3.49. The fourth-order valence-electron chi connectivity index (χ4n) is 4.21. The molecule has 1 aromatic rings. The number of aromatic hydroxyl groups is 2. The van der Waals surface area contributed by atoms with Crippen LogP contribution in [0.1, 0.15) is 76.8 Å². The van der Waals surface area contributed by atoms with E-state index >= 15 is 0 Å². The van der Waals surface area contributed by atoms with Gasteiger partial charge in [0.25, 0.3) is 5.09 Å². The maximum atomic E-state index is 10.8. The Labute approximate surface area is 173 Å². The smallest absolute Gasteiger partial charge is 0.294 e. The van der Waals surface area contributed by atoms with Crippen LogP contribution in [-0.4, -0.2) is 21.9 Å². The van der Waals surface area contributed by atoms with Crippen LogP contribution in [0.5, 0.6) is 11.5 Å². The van der Waals surface area contributed by atoms with Gasteiger partial charge in [-0.05, 0) is 68.6 Å². The highest BCUT2D eigenvalue weighted by Gasteiger charge is 2.31. The van der Waals surface area contributed by atoms with Gasteiger partial charge in [-0.2, -0.15) is 0 Å². The molecular weight excluding hydrogens is 370 g/mol. The molecule has 2 rings (SSSR count). The Morgan fingerprint density at radius 3 is 2.48 bits per heavy atom. The number of hydrogen-bond donors (Lipinski definition) is 2. The van der Waals surface area contributed by atoms with Crippen LogP contribution in [0.4, 0.5) is 0 Å². The Bertz CT molecular complexity index is 773. The minimum atomic E-state index is -0.778. The number of nitrogens with zero attached hydrogens (tertiary/aromatic N) is 1. The zero-order valence-electron chi connectivity index (χ0n) is 17.9. The fourth-order valence-corrected chi connectivity index (χ4v) is 4.21. The summed E-state index contributed by atoms with van der Waals surface area (Å²) < 4.78 is 0. The molecule has 0 fully saturated rings. The maximum Gasteiger partial charge on any atom is 0.294 e. The first-order chi connectivity index (χ1) is 13.5. The highest BCUT2D eigenvalue weighted by molar-refractivity contribution is 5.53. The van der Waals surface area contributed by atoms with E-state index in [9.17, 15) is 20.3 Å². The van der Waals surface area contributed by atoms with Crippen molar-refractivity contribution in [2.75, 3.05) is 6.61 Å². The van der Waals surface area contributed by atoms with Crippen LogP contribution in [0.3, 0.4) is 0 Å². The third-order valence-corrected chi connectivity index (χ3v) is 6.02. The van der Waals surface area contributed by atoms with Crippen LogP contribution in [-0.2, 0) is 10.3 Å². The van der Waals surface area contributed by atoms with Crippen molar-refractivity contribution in [3.8, 4) is 11.5 Å². The van der Waals surface area contributed by atoms with E-state index < -0.39 is 5.09 Å². The predicted octanol–water partition coefficient (Wildman–Crippen LogP) is 5.77. The highest BCUT2D eigenvalue weighted by atomic mass is 16.9. The second-order valence-electron chi connectivity index (χ2n) is 8.86. The second kappa shape index (κ2) is 9.33. The van der Waals surface area contributed by atoms with Gasteiger partial charge in [0.2, 0.25) is 0 Å². The molecule has 0 aliphatic heterocycles. The molecule has 0 aromatic heterocycles. The van der Waals surface area contributed by atoms with Gasteiger partial charge in [-0.3, -0.25) is 0 Å². The number of hydrogen-bond acceptors (Lipinski definition) is 5. The lowest BCUT2D eigenvalue weighted by molar-refractivity contribution is -0.757. The SMILES string of the molecule is C=C(C)[C@H]1CCC(C)=C[C@H]1c1c(O)cc(C(C)(C)CCCCO[N+](=O)[O-])cc1O. The standard InChI is InChI=1S/C23H33NO5/c1-15(2)18-9-8-16(3)12-19(18)22-20(25)13-17(14-21(22)26)23(4,5)10-6-7-11-29-24(27)28/h12-14,18-19,25-26H,1,6-11H2,2-5H3/t18-,19-/m1/s1.